The van der Waals surface area contributed by atoms with Crippen molar-refractivity contribution in [3.8, 4) is 0 Å². The molecule has 3 heteroatoms. The standard InChI is InChI=1S/C16H24N2O/c1-11(2)4-7-14(17)12-5-8-15-13(10-12)6-9-16(19)18(15)3/h5,8,10-11,14H,4,6-7,9,17H2,1-3H3. The van der Waals surface area contributed by atoms with E-state index in [2.05, 4.69) is 26.0 Å². The first-order valence-corrected chi connectivity index (χ1v) is 7.14. The van der Waals surface area contributed by atoms with Gasteiger partial charge in [0.1, 0.15) is 0 Å². The lowest BCUT2D eigenvalue weighted by Gasteiger charge is -2.27. The highest BCUT2D eigenvalue weighted by atomic mass is 16.2. The fourth-order valence-corrected chi connectivity index (χ4v) is 2.59. The van der Waals surface area contributed by atoms with Gasteiger partial charge in [0.15, 0.2) is 0 Å². The summed E-state index contributed by atoms with van der Waals surface area (Å²) in [5.41, 5.74) is 9.74. The van der Waals surface area contributed by atoms with E-state index < -0.39 is 0 Å². The molecule has 3 nitrogen and oxygen atoms in total. The lowest BCUT2D eigenvalue weighted by Crippen LogP contribution is -2.31. The minimum Gasteiger partial charge on any atom is -0.324 e. The molecule has 19 heavy (non-hydrogen) atoms. The number of nitrogens with zero attached hydrogens (tertiary/aromatic N) is 1. The van der Waals surface area contributed by atoms with Crippen LogP contribution in [0, 0.1) is 5.92 Å². The number of amides is 1. The molecule has 1 aliphatic heterocycles. The van der Waals surface area contributed by atoms with Crippen LogP contribution in [0.4, 0.5) is 5.69 Å². The maximum atomic E-state index is 11.7. The van der Waals surface area contributed by atoms with Crippen molar-refractivity contribution in [3.63, 3.8) is 0 Å². The van der Waals surface area contributed by atoms with Crippen molar-refractivity contribution in [1.82, 2.24) is 0 Å². The highest BCUT2D eigenvalue weighted by Gasteiger charge is 2.21. The Morgan fingerprint density at radius 3 is 2.68 bits per heavy atom. The summed E-state index contributed by atoms with van der Waals surface area (Å²) < 4.78 is 0. The van der Waals surface area contributed by atoms with Gasteiger partial charge in [0.05, 0.1) is 0 Å². The number of carbonyl (C=O) groups is 1. The number of carbonyl (C=O) groups excluding carboxylic acids is 1. The third kappa shape index (κ3) is 3.16. The second-order valence-corrected chi connectivity index (χ2v) is 5.92. The number of fused-ring (bicyclic) bond motifs is 1. The summed E-state index contributed by atoms with van der Waals surface area (Å²) in [6, 6.07) is 6.40. The zero-order valence-electron chi connectivity index (χ0n) is 12.1. The Balaban J connectivity index is 2.15. The molecule has 1 amide bonds. The molecule has 0 aliphatic carbocycles. The van der Waals surface area contributed by atoms with Crippen molar-refractivity contribution in [2.45, 2.75) is 45.6 Å². The molecule has 1 heterocycles. The molecule has 0 spiro atoms. The van der Waals surface area contributed by atoms with Gasteiger partial charge in [0.2, 0.25) is 5.91 Å². The number of aryl methyl sites for hydroxylation is 1. The SMILES string of the molecule is CC(C)CCC(N)c1ccc2c(c1)CCC(=O)N2C. The van der Waals surface area contributed by atoms with E-state index >= 15 is 0 Å². The van der Waals surface area contributed by atoms with Crippen LogP contribution in [0.2, 0.25) is 0 Å². The van der Waals surface area contributed by atoms with Crippen LogP contribution >= 0.6 is 0 Å². The molecule has 1 atom stereocenters. The summed E-state index contributed by atoms with van der Waals surface area (Å²) in [7, 11) is 1.85. The Morgan fingerprint density at radius 2 is 2.00 bits per heavy atom. The van der Waals surface area contributed by atoms with Crippen molar-refractivity contribution >= 4 is 11.6 Å². The summed E-state index contributed by atoms with van der Waals surface area (Å²) in [5, 5.41) is 0. The predicted octanol–water partition coefficient (Wildman–Crippen LogP) is 3.03. The lowest BCUT2D eigenvalue weighted by molar-refractivity contribution is -0.118. The van der Waals surface area contributed by atoms with Crippen LogP contribution in [0.1, 0.15) is 50.3 Å². The summed E-state index contributed by atoms with van der Waals surface area (Å²) in [6.07, 6.45) is 3.61. The van der Waals surface area contributed by atoms with Gasteiger partial charge in [-0.15, -0.1) is 0 Å². The number of hydrogen-bond acceptors (Lipinski definition) is 2. The molecule has 1 unspecified atom stereocenters. The monoisotopic (exact) mass is 260 g/mol. The van der Waals surface area contributed by atoms with Gasteiger partial charge in [0.25, 0.3) is 0 Å². The van der Waals surface area contributed by atoms with Crippen LogP contribution < -0.4 is 10.6 Å². The number of benzene rings is 1. The van der Waals surface area contributed by atoms with E-state index in [1.165, 1.54) is 11.1 Å². The Labute approximate surface area is 115 Å². The topological polar surface area (TPSA) is 46.3 Å². The fraction of sp³-hybridized carbons (Fsp3) is 0.562. The summed E-state index contributed by atoms with van der Waals surface area (Å²) in [4.78, 5) is 13.4. The van der Waals surface area contributed by atoms with E-state index in [0.717, 1.165) is 24.9 Å². The first-order valence-electron chi connectivity index (χ1n) is 7.14. The average Bonchev–Trinajstić information content (AvgIpc) is 2.40. The fourth-order valence-electron chi connectivity index (χ4n) is 2.59. The first-order chi connectivity index (χ1) is 8.99. The zero-order chi connectivity index (χ0) is 14.0. The molecule has 104 valence electrons. The van der Waals surface area contributed by atoms with Crippen LogP contribution in [0.15, 0.2) is 18.2 Å². The zero-order valence-corrected chi connectivity index (χ0v) is 12.1. The number of nitrogens with two attached hydrogens (primary N) is 1. The Hall–Kier alpha value is -1.35. The molecule has 0 saturated heterocycles. The van der Waals surface area contributed by atoms with Gasteiger partial charge in [0, 0.05) is 25.2 Å². The number of anilines is 1. The Kier molecular flexibility index (Phi) is 4.25. The number of hydrogen-bond donors (Lipinski definition) is 1. The van der Waals surface area contributed by atoms with Gasteiger partial charge in [-0.05, 0) is 42.4 Å². The normalized spacial score (nSPS) is 16.7. The molecule has 0 saturated carbocycles. The summed E-state index contributed by atoms with van der Waals surface area (Å²) in [6.45, 7) is 4.44. The minimum absolute atomic E-state index is 0.107. The van der Waals surface area contributed by atoms with Gasteiger partial charge in [-0.25, -0.2) is 0 Å². The predicted molar refractivity (Wildman–Crippen MR) is 79.2 cm³/mol. The van der Waals surface area contributed by atoms with Crippen LogP contribution in [0.3, 0.4) is 0 Å². The molecular weight excluding hydrogens is 236 g/mol. The molecule has 2 rings (SSSR count). The van der Waals surface area contributed by atoms with Gasteiger partial charge >= 0.3 is 0 Å². The third-order valence-corrected chi connectivity index (χ3v) is 3.93. The second kappa shape index (κ2) is 5.74. The molecule has 1 aromatic carbocycles. The maximum Gasteiger partial charge on any atom is 0.227 e. The molecule has 0 aromatic heterocycles. The van der Waals surface area contributed by atoms with Crippen molar-refractivity contribution in [3.05, 3.63) is 29.3 Å². The quantitative estimate of drug-likeness (QED) is 0.904. The highest BCUT2D eigenvalue weighted by Crippen LogP contribution is 2.30. The molecule has 1 aromatic rings. The summed E-state index contributed by atoms with van der Waals surface area (Å²) >= 11 is 0. The minimum atomic E-state index is 0.107. The van der Waals surface area contributed by atoms with E-state index in [0.29, 0.717) is 12.3 Å². The number of rotatable bonds is 4. The van der Waals surface area contributed by atoms with Crippen molar-refractivity contribution in [1.29, 1.82) is 0 Å². The van der Waals surface area contributed by atoms with Crippen molar-refractivity contribution in [2.24, 2.45) is 11.7 Å². The van der Waals surface area contributed by atoms with E-state index in [9.17, 15) is 4.79 Å². The van der Waals surface area contributed by atoms with E-state index in [-0.39, 0.29) is 11.9 Å². The van der Waals surface area contributed by atoms with Crippen LogP contribution in [0.25, 0.3) is 0 Å². The van der Waals surface area contributed by atoms with E-state index in [4.69, 9.17) is 5.73 Å². The van der Waals surface area contributed by atoms with Gasteiger partial charge in [-0.3, -0.25) is 4.79 Å². The van der Waals surface area contributed by atoms with Gasteiger partial charge in [-0.2, -0.15) is 0 Å². The Bertz CT molecular complexity index is 468. The van der Waals surface area contributed by atoms with Crippen molar-refractivity contribution < 1.29 is 4.79 Å². The summed E-state index contributed by atoms with van der Waals surface area (Å²) in [5.74, 6) is 0.886. The Morgan fingerprint density at radius 1 is 1.26 bits per heavy atom. The molecule has 2 N–H and O–H groups in total. The van der Waals surface area contributed by atoms with Crippen LogP contribution in [-0.2, 0) is 11.2 Å². The van der Waals surface area contributed by atoms with E-state index in [1.54, 1.807) is 4.90 Å². The van der Waals surface area contributed by atoms with Crippen molar-refractivity contribution in [2.75, 3.05) is 11.9 Å². The van der Waals surface area contributed by atoms with Gasteiger partial charge < -0.3 is 10.6 Å². The highest BCUT2D eigenvalue weighted by molar-refractivity contribution is 5.95. The largest absolute Gasteiger partial charge is 0.324 e. The van der Waals surface area contributed by atoms with Crippen LogP contribution in [0.5, 0.6) is 0 Å². The van der Waals surface area contributed by atoms with Gasteiger partial charge in [-0.1, -0.05) is 26.0 Å². The smallest absolute Gasteiger partial charge is 0.227 e. The molecule has 0 bridgehead atoms. The molecule has 0 fully saturated rings. The average molecular weight is 260 g/mol. The van der Waals surface area contributed by atoms with E-state index in [1.807, 2.05) is 13.1 Å². The van der Waals surface area contributed by atoms with Crippen LogP contribution in [-0.4, -0.2) is 13.0 Å². The lowest BCUT2D eigenvalue weighted by atomic mass is 9.93. The molecule has 1 aliphatic rings. The third-order valence-electron chi connectivity index (χ3n) is 3.93. The molecule has 0 radical (unpaired) electrons. The second-order valence-electron chi connectivity index (χ2n) is 5.92. The maximum absolute atomic E-state index is 11.7. The first kappa shape index (κ1) is 14.1. The molecular formula is C16H24N2O.